The van der Waals surface area contributed by atoms with E-state index in [0.29, 0.717) is 11.1 Å². The first-order valence-corrected chi connectivity index (χ1v) is 8.59. The van der Waals surface area contributed by atoms with Gasteiger partial charge >= 0.3 is 12.1 Å². The molecule has 0 saturated heterocycles. The SMILES string of the molecule is CCON=C(C(=O)O)c1ccccc1CON=C(C)c1cccc(C(F)(F)F)c1. The predicted octanol–water partition coefficient (Wildman–Crippen LogP) is 4.47. The third kappa shape index (κ3) is 6.06. The number of rotatable bonds is 8. The molecule has 0 heterocycles. The Morgan fingerprint density at radius 3 is 2.45 bits per heavy atom. The predicted molar refractivity (Wildman–Crippen MR) is 101 cm³/mol. The van der Waals surface area contributed by atoms with Crippen LogP contribution in [0.1, 0.15) is 36.1 Å². The normalized spacial score (nSPS) is 12.6. The topological polar surface area (TPSA) is 80.5 Å². The summed E-state index contributed by atoms with van der Waals surface area (Å²) in [4.78, 5) is 21.6. The van der Waals surface area contributed by atoms with E-state index in [1.165, 1.54) is 19.1 Å². The maximum absolute atomic E-state index is 12.8. The summed E-state index contributed by atoms with van der Waals surface area (Å²) < 4.78 is 38.5. The van der Waals surface area contributed by atoms with Crippen LogP contribution in [0.25, 0.3) is 0 Å². The van der Waals surface area contributed by atoms with E-state index in [2.05, 4.69) is 10.3 Å². The van der Waals surface area contributed by atoms with Crippen molar-refractivity contribution in [3.63, 3.8) is 0 Å². The number of hydrogen-bond acceptors (Lipinski definition) is 5. The minimum absolute atomic E-state index is 0.106. The van der Waals surface area contributed by atoms with Gasteiger partial charge in [0.15, 0.2) is 5.71 Å². The molecule has 0 aliphatic rings. The van der Waals surface area contributed by atoms with E-state index in [0.717, 1.165) is 12.1 Å². The highest BCUT2D eigenvalue weighted by Gasteiger charge is 2.30. The van der Waals surface area contributed by atoms with E-state index in [-0.39, 0.29) is 30.2 Å². The molecule has 0 aliphatic carbocycles. The number of carbonyl (C=O) groups is 1. The minimum atomic E-state index is -4.46. The average Bonchev–Trinajstić information content (AvgIpc) is 2.68. The van der Waals surface area contributed by atoms with Gasteiger partial charge in [-0.05, 0) is 31.5 Å². The lowest BCUT2D eigenvalue weighted by Crippen LogP contribution is -2.17. The Kier molecular flexibility index (Phi) is 7.35. The second-order valence-electron chi connectivity index (χ2n) is 5.85. The Bertz CT molecular complexity index is 924. The van der Waals surface area contributed by atoms with Crippen molar-refractivity contribution in [3.8, 4) is 0 Å². The quantitative estimate of drug-likeness (QED) is 0.516. The maximum Gasteiger partial charge on any atom is 0.416 e. The van der Waals surface area contributed by atoms with Crippen LogP contribution in [0.15, 0.2) is 58.8 Å². The van der Waals surface area contributed by atoms with Gasteiger partial charge in [-0.25, -0.2) is 4.79 Å². The molecule has 2 aromatic rings. The zero-order valence-electron chi connectivity index (χ0n) is 15.7. The molecule has 0 aromatic heterocycles. The van der Waals surface area contributed by atoms with Crippen molar-refractivity contribution in [2.24, 2.45) is 10.3 Å². The van der Waals surface area contributed by atoms with Crippen LogP contribution in [0, 0.1) is 0 Å². The van der Waals surface area contributed by atoms with Gasteiger partial charge in [-0.2, -0.15) is 13.2 Å². The van der Waals surface area contributed by atoms with Gasteiger partial charge in [-0.15, -0.1) is 0 Å². The van der Waals surface area contributed by atoms with Gasteiger partial charge < -0.3 is 14.8 Å². The fraction of sp³-hybridized carbons (Fsp3) is 0.250. The molecule has 0 bridgehead atoms. The van der Waals surface area contributed by atoms with E-state index in [1.807, 2.05) is 0 Å². The fourth-order valence-corrected chi connectivity index (χ4v) is 2.38. The van der Waals surface area contributed by atoms with Crippen molar-refractivity contribution in [3.05, 3.63) is 70.8 Å². The van der Waals surface area contributed by atoms with Gasteiger partial charge in [0.05, 0.1) is 11.3 Å². The molecule has 0 amide bonds. The highest BCUT2D eigenvalue weighted by atomic mass is 19.4. The van der Waals surface area contributed by atoms with Crippen LogP contribution < -0.4 is 0 Å². The van der Waals surface area contributed by atoms with E-state index >= 15 is 0 Å². The molecule has 0 aliphatic heterocycles. The van der Waals surface area contributed by atoms with Crippen LogP contribution in [-0.4, -0.2) is 29.1 Å². The molecule has 6 nitrogen and oxygen atoms in total. The van der Waals surface area contributed by atoms with Gasteiger partial charge in [0.2, 0.25) is 0 Å². The van der Waals surface area contributed by atoms with Crippen LogP contribution in [0.3, 0.4) is 0 Å². The summed E-state index contributed by atoms with van der Waals surface area (Å²) in [5.41, 5.74) is 0.208. The summed E-state index contributed by atoms with van der Waals surface area (Å²) in [6.07, 6.45) is -4.46. The lowest BCUT2D eigenvalue weighted by molar-refractivity contribution is -0.137. The molecule has 0 unspecified atom stereocenters. The van der Waals surface area contributed by atoms with Crippen LogP contribution in [0.5, 0.6) is 0 Å². The van der Waals surface area contributed by atoms with Crippen LogP contribution in [-0.2, 0) is 27.3 Å². The summed E-state index contributed by atoms with van der Waals surface area (Å²) in [5.74, 6) is -1.27. The minimum Gasteiger partial charge on any atom is -0.476 e. The van der Waals surface area contributed by atoms with Crippen molar-refractivity contribution in [1.29, 1.82) is 0 Å². The van der Waals surface area contributed by atoms with Gasteiger partial charge in [-0.1, -0.05) is 46.7 Å². The number of benzene rings is 2. The van der Waals surface area contributed by atoms with Crippen LogP contribution in [0.4, 0.5) is 13.2 Å². The lowest BCUT2D eigenvalue weighted by Gasteiger charge is -2.10. The number of aliphatic carboxylic acids is 1. The van der Waals surface area contributed by atoms with Crippen molar-refractivity contribution in [2.45, 2.75) is 26.6 Å². The number of carboxylic acid groups (broad SMARTS) is 1. The monoisotopic (exact) mass is 408 g/mol. The summed E-state index contributed by atoms with van der Waals surface area (Å²) in [6.45, 7) is 3.28. The summed E-state index contributed by atoms with van der Waals surface area (Å²) >= 11 is 0. The summed E-state index contributed by atoms with van der Waals surface area (Å²) in [7, 11) is 0. The second kappa shape index (κ2) is 9.72. The van der Waals surface area contributed by atoms with Crippen molar-refractivity contribution in [2.75, 3.05) is 6.61 Å². The molecular weight excluding hydrogens is 389 g/mol. The number of carboxylic acids is 1. The highest BCUT2D eigenvalue weighted by molar-refractivity contribution is 6.42. The number of oxime groups is 2. The smallest absolute Gasteiger partial charge is 0.416 e. The number of nitrogens with zero attached hydrogens (tertiary/aromatic N) is 2. The third-order valence-electron chi connectivity index (χ3n) is 3.79. The van der Waals surface area contributed by atoms with E-state index < -0.39 is 17.7 Å². The molecule has 29 heavy (non-hydrogen) atoms. The maximum atomic E-state index is 12.8. The first-order valence-electron chi connectivity index (χ1n) is 8.59. The first kappa shape index (κ1) is 21.9. The first-order chi connectivity index (χ1) is 13.7. The molecule has 0 radical (unpaired) electrons. The van der Waals surface area contributed by atoms with Crippen LogP contribution >= 0.6 is 0 Å². The molecule has 0 saturated carbocycles. The molecular formula is C20H19F3N2O4. The van der Waals surface area contributed by atoms with E-state index in [1.54, 1.807) is 31.2 Å². The van der Waals surface area contributed by atoms with Crippen molar-refractivity contribution in [1.82, 2.24) is 0 Å². The molecule has 0 atom stereocenters. The van der Waals surface area contributed by atoms with Crippen LogP contribution in [0.2, 0.25) is 0 Å². The third-order valence-corrected chi connectivity index (χ3v) is 3.79. The molecule has 0 fully saturated rings. The standard InChI is InChI=1S/C20H19F3N2O4/c1-3-28-25-18(19(26)27)17-10-5-4-7-15(17)12-29-24-13(2)14-8-6-9-16(11-14)20(21,22)23/h4-11H,3,12H2,1-2H3,(H,26,27). The zero-order chi connectivity index (χ0) is 21.4. The Hall–Kier alpha value is -3.36. The molecule has 154 valence electrons. The molecule has 1 N–H and O–H groups in total. The number of hydrogen-bond donors (Lipinski definition) is 1. The highest BCUT2D eigenvalue weighted by Crippen LogP contribution is 2.29. The molecule has 2 aromatic carbocycles. The fourth-order valence-electron chi connectivity index (χ4n) is 2.38. The largest absolute Gasteiger partial charge is 0.476 e. The Morgan fingerprint density at radius 1 is 1.07 bits per heavy atom. The van der Waals surface area contributed by atoms with Crippen molar-refractivity contribution < 1.29 is 32.7 Å². The average molecular weight is 408 g/mol. The summed E-state index contributed by atoms with van der Waals surface area (Å²) in [6, 6.07) is 11.2. The van der Waals surface area contributed by atoms with Gasteiger partial charge in [-0.3, -0.25) is 0 Å². The van der Waals surface area contributed by atoms with Gasteiger partial charge in [0.25, 0.3) is 0 Å². The molecule has 9 heteroatoms. The number of halogens is 3. The molecule has 2 rings (SSSR count). The Balaban J connectivity index is 2.20. The Labute approximate surface area is 165 Å². The number of alkyl halides is 3. The van der Waals surface area contributed by atoms with E-state index in [9.17, 15) is 23.1 Å². The van der Waals surface area contributed by atoms with E-state index in [4.69, 9.17) is 9.68 Å². The Morgan fingerprint density at radius 2 is 1.79 bits per heavy atom. The van der Waals surface area contributed by atoms with Gasteiger partial charge in [0, 0.05) is 11.1 Å². The van der Waals surface area contributed by atoms with Crippen molar-refractivity contribution >= 4 is 17.4 Å². The second-order valence-corrected chi connectivity index (χ2v) is 5.85. The summed E-state index contributed by atoms with van der Waals surface area (Å²) in [5, 5.41) is 16.8. The zero-order valence-corrected chi connectivity index (χ0v) is 15.7. The van der Waals surface area contributed by atoms with Gasteiger partial charge in [0.1, 0.15) is 13.2 Å². The molecule has 0 spiro atoms. The lowest BCUT2D eigenvalue weighted by atomic mass is 10.0.